The number of ether oxygens (including phenoxy) is 1. The highest BCUT2D eigenvalue weighted by atomic mass is 127. The number of nitrogens with two attached hydrogens (primary N) is 1. The first kappa shape index (κ1) is 26.1. The predicted octanol–water partition coefficient (Wildman–Crippen LogP) is 2.11. The Kier molecular flexibility index (Phi) is 11.4. The number of halogens is 1. The van der Waals surface area contributed by atoms with Crippen LogP contribution >= 0.6 is 24.0 Å². The molecule has 1 rings (SSSR count). The summed E-state index contributed by atoms with van der Waals surface area (Å²) in [5, 5.41) is 11.6. The number of nitrogens with zero attached hydrogens (tertiary/aromatic N) is 1. The lowest BCUT2D eigenvalue weighted by molar-refractivity contribution is 0.0241. The van der Waals surface area contributed by atoms with Crippen LogP contribution in [0.1, 0.15) is 33.3 Å². The van der Waals surface area contributed by atoms with Crippen LogP contribution in [-0.4, -0.2) is 47.2 Å². The van der Waals surface area contributed by atoms with Gasteiger partial charge in [0.15, 0.2) is 5.96 Å². The lowest BCUT2D eigenvalue weighted by Crippen LogP contribution is -2.40. The first-order chi connectivity index (χ1) is 12.1. The summed E-state index contributed by atoms with van der Waals surface area (Å²) in [4.78, 5) is 4.72. The van der Waals surface area contributed by atoms with Crippen LogP contribution in [0.3, 0.4) is 0 Å². The van der Waals surface area contributed by atoms with Crippen molar-refractivity contribution in [2.24, 2.45) is 15.5 Å². The number of benzene rings is 1. The van der Waals surface area contributed by atoms with Crippen LogP contribution in [0.25, 0.3) is 0 Å². The molecule has 0 bridgehead atoms. The number of hydrogen-bond donors (Lipinski definition) is 3. The van der Waals surface area contributed by atoms with Crippen LogP contribution in [-0.2, 0) is 21.2 Å². The van der Waals surface area contributed by atoms with Gasteiger partial charge >= 0.3 is 0 Å². The number of rotatable bonds is 8. The Hall–Kier alpha value is -0.910. The average molecular weight is 512 g/mol. The molecule has 0 heterocycles. The fraction of sp³-hybridized carbons (Fsp3) is 0.611. The molecule has 0 amide bonds. The number of aliphatic imine (C=N–C) groups is 1. The molecule has 4 N–H and O–H groups in total. The van der Waals surface area contributed by atoms with Crippen molar-refractivity contribution in [3.8, 4) is 0 Å². The Morgan fingerprint density at radius 3 is 2.26 bits per heavy atom. The predicted molar refractivity (Wildman–Crippen MR) is 121 cm³/mol. The summed E-state index contributed by atoms with van der Waals surface area (Å²) in [6, 6.07) is 6.59. The van der Waals surface area contributed by atoms with Gasteiger partial charge in [0, 0.05) is 20.2 Å². The van der Waals surface area contributed by atoms with Gasteiger partial charge in [0.25, 0.3) is 0 Å². The van der Waals surface area contributed by atoms with E-state index in [1.165, 1.54) is 12.1 Å². The number of hydrogen-bond acceptors (Lipinski definition) is 4. The van der Waals surface area contributed by atoms with Gasteiger partial charge in [-0.15, -0.1) is 24.0 Å². The van der Waals surface area contributed by atoms with Crippen molar-refractivity contribution < 1.29 is 13.2 Å². The van der Waals surface area contributed by atoms with Gasteiger partial charge in [-0.2, -0.15) is 0 Å². The lowest BCUT2D eigenvalue weighted by Gasteiger charge is -2.28. The van der Waals surface area contributed by atoms with Crippen molar-refractivity contribution in [2.45, 2.75) is 45.1 Å². The highest BCUT2D eigenvalue weighted by molar-refractivity contribution is 14.0. The molecule has 0 fully saturated rings. The molecular weight excluding hydrogens is 479 g/mol. The summed E-state index contributed by atoms with van der Waals surface area (Å²) < 4.78 is 28.1. The third kappa shape index (κ3) is 9.72. The Morgan fingerprint density at radius 2 is 1.81 bits per heavy atom. The molecule has 0 aliphatic rings. The maximum absolute atomic E-state index is 11.3. The SMILES string of the molecule is CCNC(=NCC(OC)C(C)(C)C)NCCc1ccc(S(N)(=O)=O)cc1.I. The maximum atomic E-state index is 11.3. The van der Waals surface area contributed by atoms with Crippen molar-refractivity contribution in [3.05, 3.63) is 29.8 Å². The van der Waals surface area contributed by atoms with Crippen LogP contribution in [0.5, 0.6) is 0 Å². The van der Waals surface area contributed by atoms with Crippen molar-refractivity contribution in [3.63, 3.8) is 0 Å². The molecule has 27 heavy (non-hydrogen) atoms. The second-order valence-corrected chi connectivity index (χ2v) is 8.74. The summed E-state index contributed by atoms with van der Waals surface area (Å²) >= 11 is 0. The summed E-state index contributed by atoms with van der Waals surface area (Å²) in [5.41, 5.74) is 1.03. The first-order valence-corrected chi connectivity index (χ1v) is 10.3. The van der Waals surface area contributed by atoms with Gasteiger partial charge in [0.05, 0.1) is 17.5 Å². The summed E-state index contributed by atoms with van der Waals surface area (Å²) in [7, 11) is -1.94. The standard InChI is InChI=1S/C18H32N4O3S.HI/c1-6-20-17(22-13-16(25-5)18(2,3)4)21-12-11-14-7-9-15(10-8-14)26(19,23)24;/h7-10,16H,6,11-13H2,1-5H3,(H2,19,23,24)(H2,20,21,22);1H. The Balaban J connectivity index is 0.00000676. The molecule has 0 aliphatic carbocycles. The fourth-order valence-electron chi connectivity index (χ4n) is 2.39. The van der Waals surface area contributed by atoms with E-state index in [4.69, 9.17) is 9.88 Å². The smallest absolute Gasteiger partial charge is 0.238 e. The lowest BCUT2D eigenvalue weighted by atomic mass is 9.89. The Bertz CT molecular complexity index is 686. The van der Waals surface area contributed by atoms with Crippen molar-refractivity contribution in [1.29, 1.82) is 0 Å². The van der Waals surface area contributed by atoms with Gasteiger partial charge in [-0.05, 0) is 36.5 Å². The number of sulfonamides is 1. The summed E-state index contributed by atoms with van der Waals surface area (Å²) in [5.74, 6) is 0.736. The number of methoxy groups -OCH3 is 1. The molecule has 0 aromatic heterocycles. The molecule has 0 radical (unpaired) electrons. The van der Waals surface area contributed by atoms with Crippen LogP contribution in [0.4, 0.5) is 0 Å². The van der Waals surface area contributed by atoms with Crippen LogP contribution in [0, 0.1) is 5.41 Å². The third-order valence-corrected chi connectivity index (χ3v) is 4.90. The van der Waals surface area contributed by atoms with E-state index in [0.717, 1.165) is 24.5 Å². The topological polar surface area (TPSA) is 106 Å². The maximum Gasteiger partial charge on any atom is 0.238 e. The van der Waals surface area contributed by atoms with Crippen LogP contribution in [0.2, 0.25) is 0 Å². The van der Waals surface area contributed by atoms with E-state index in [-0.39, 0.29) is 40.4 Å². The summed E-state index contributed by atoms with van der Waals surface area (Å²) in [6.45, 7) is 10.4. The van der Waals surface area contributed by atoms with Gasteiger partial charge in [-0.1, -0.05) is 32.9 Å². The largest absolute Gasteiger partial charge is 0.379 e. The molecule has 0 aliphatic heterocycles. The van der Waals surface area contributed by atoms with Gasteiger partial charge in [-0.3, -0.25) is 4.99 Å². The third-order valence-electron chi connectivity index (χ3n) is 3.97. The molecular formula is C18H33IN4O3S. The van der Waals surface area contributed by atoms with Gasteiger partial charge in [-0.25, -0.2) is 13.6 Å². The number of guanidine groups is 1. The highest BCUT2D eigenvalue weighted by Gasteiger charge is 2.24. The quantitative estimate of drug-likeness (QED) is 0.281. The van der Waals surface area contributed by atoms with E-state index < -0.39 is 10.0 Å². The van der Waals surface area contributed by atoms with Gasteiger partial charge < -0.3 is 15.4 Å². The molecule has 1 atom stereocenters. The first-order valence-electron chi connectivity index (χ1n) is 8.74. The van der Waals surface area contributed by atoms with E-state index in [0.29, 0.717) is 13.1 Å². The molecule has 0 saturated carbocycles. The van der Waals surface area contributed by atoms with Crippen molar-refractivity contribution in [1.82, 2.24) is 10.6 Å². The van der Waals surface area contributed by atoms with Gasteiger partial charge in [0.2, 0.25) is 10.0 Å². The zero-order chi connectivity index (χ0) is 19.8. The molecule has 0 spiro atoms. The normalized spacial score (nSPS) is 13.6. The van der Waals surface area contributed by atoms with Crippen molar-refractivity contribution in [2.75, 3.05) is 26.7 Å². The van der Waals surface area contributed by atoms with E-state index in [1.807, 2.05) is 6.92 Å². The van der Waals surface area contributed by atoms with Crippen LogP contribution in [0.15, 0.2) is 34.2 Å². The fourth-order valence-corrected chi connectivity index (χ4v) is 2.90. The average Bonchev–Trinajstić information content (AvgIpc) is 2.53. The zero-order valence-corrected chi connectivity index (χ0v) is 19.9. The Labute approximate surface area is 180 Å². The molecule has 156 valence electrons. The number of nitrogens with one attached hydrogen (secondary N) is 2. The molecule has 9 heteroatoms. The van der Waals surface area contributed by atoms with E-state index in [9.17, 15) is 8.42 Å². The minimum atomic E-state index is -3.65. The monoisotopic (exact) mass is 512 g/mol. The van der Waals surface area contributed by atoms with Gasteiger partial charge in [0.1, 0.15) is 0 Å². The molecule has 7 nitrogen and oxygen atoms in total. The molecule has 1 aromatic rings. The second-order valence-electron chi connectivity index (χ2n) is 7.18. The Morgan fingerprint density at radius 1 is 1.22 bits per heavy atom. The zero-order valence-electron chi connectivity index (χ0n) is 16.8. The number of primary sulfonamides is 1. The minimum absolute atomic E-state index is 0. The van der Waals surface area contributed by atoms with E-state index in [1.54, 1.807) is 19.2 Å². The summed E-state index contributed by atoms with van der Waals surface area (Å²) in [6.07, 6.45) is 0.770. The molecule has 1 aromatic carbocycles. The molecule has 0 saturated heterocycles. The molecule has 1 unspecified atom stereocenters. The van der Waals surface area contributed by atoms with E-state index >= 15 is 0 Å². The van der Waals surface area contributed by atoms with Crippen molar-refractivity contribution >= 4 is 40.0 Å². The highest BCUT2D eigenvalue weighted by Crippen LogP contribution is 2.21. The van der Waals surface area contributed by atoms with E-state index in [2.05, 4.69) is 36.4 Å². The minimum Gasteiger partial charge on any atom is -0.379 e. The second kappa shape index (κ2) is 11.8. The van der Waals surface area contributed by atoms with Crippen LogP contribution < -0.4 is 15.8 Å².